The van der Waals surface area contributed by atoms with Crippen molar-refractivity contribution in [3.63, 3.8) is 0 Å². The third-order valence-electron chi connectivity index (χ3n) is 6.01. The number of nitrogens with one attached hydrogen (secondary N) is 2. The zero-order valence-corrected chi connectivity index (χ0v) is 24.5. The highest BCUT2D eigenvalue weighted by Gasteiger charge is 2.26. The number of nitrogens with zero attached hydrogens (tertiary/aromatic N) is 2. The van der Waals surface area contributed by atoms with E-state index < -0.39 is 60.6 Å². The number of carbonyl (C=O) groups excluding carboxylic acids is 4. The Bertz CT molecular complexity index is 1220. The smallest absolute Gasteiger partial charge is 0.326 e. The SMILES string of the molecule is CCCCOC(=O)C[C@H](NC(=O)c1ccc(N=Nc2ccc(C(=O)N[C@H](CC(=O)OCCCC)C(=O)O)cc2)cc1)C(=O)O. The molecule has 44 heavy (non-hydrogen) atoms. The van der Waals surface area contributed by atoms with Crippen molar-refractivity contribution in [2.45, 2.75) is 64.5 Å². The van der Waals surface area contributed by atoms with E-state index in [1.807, 2.05) is 13.8 Å². The number of benzene rings is 2. The average Bonchev–Trinajstić information content (AvgIpc) is 3.00. The molecule has 0 aliphatic heterocycles. The average molecular weight is 613 g/mol. The van der Waals surface area contributed by atoms with Gasteiger partial charge in [-0.25, -0.2) is 9.59 Å². The molecular formula is C30H36N4O10. The summed E-state index contributed by atoms with van der Waals surface area (Å²) in [4.78, 5) is 71.8. The minimum Gasteiger partial charge on any atom is -0.480 e. The van der Waals surface area contributed by atoms with Gasteiger partial charge >= 0.3 is 23.9 Å². The van der Waals surface area contributed by atoms with Gasteiger partial charge < -0.3 is 30.3 Å². The molecule has 2 atom stereocenters. The highest BCUT2D eigenvalue weighted by molar-refractivity contribution is 5.98. The maximum absolute atomic E-state index is 12.5. The summed E-state index contributed by atoms with van der Waals surface area (Å²) in [7, 11) is 0. The normalized spacial score (nSPS) is 12.1. The van der Waals surface area contributed by atoms with Crippen LogP contribution in [-0.2, 0) is 28.7 Å². The maximum atomic E-state index is 12.5. The number of carbonyl (C=O) groups is 6. The van der Waals surface area contributed by atoms with Crippen LogP contribution < -0.4 is 10.6 Å². The molecule has 0 spiro atoms. The number of ether oxygens (including phenoxy) is 2. The number of azo groups is 1. The van der Waals surface area contributed by atoms with E-state index in [0.717, 1.165) is 12.8 Å². The van der Waals surface area contributed by atoms with Gasteiger partial charge in [-0.1, -0.05) is 26.7 Å². The fraction of sp³-hybridized carbons (Fsp3) is 0.400. The second-order valence-electron chi connectivity index (χ2n) is 9.58. The van der Waals surface area contributed by atoms with Crippen LogP contribution in [0.3, 0.4) is 0 Å². The number of carboxylic acids is 2. The summed E-state index contributed by atoms with van der Waals surface area (Å²) in [6, 6.07) is 8.65. The first-order chi connectivity index (χ1) is 21.0. The first-order valence-electron chi connectivity index (χ1n) is 14.0. The van der Waals surface area contributed by atoms with Crippen molar-refractivity contribution in [3.8, 4) is 0 Å². The molecule has 0 radical (unpaired) electrons. The molecule has 0 bridgehead atoms. The Hall–Kier alpha value is -5.14. The number of esters is 2. The van der Waals surface area contributed by atoms with Gasteiger partial charge in [-0.15, -0.1) is 0 Å². The van der Waals surface area contributed by atoms with E-state index in [-0.39, 0.29) is 24.3 Å². The lowest BCUT2D eigenvalue weighted by molar-refractivity contribution is -0.149. The molecule has 0 unspecified atom stereocenters. The van der Waals surface area contributed by atoms with E-state index in [4.69, 9.17) is 9.47 Å². The van der Waals surface area contributed by atoms with Crippen molar-refractivity contribution >= 4 is 47.1 Å². The number of amides is 2. The highest BCUT2D eigenvalue weighted by Crippen LogP contribution is 2.20. The van der Waals surface area contributed by atoms with Gasteiger partial charge in [0.1, 0.15) is 12.1 Å². The fourth-order valence-corrected chi connectivity index (χ4v) is 3.47. The third kappa shape index (κ3) is 12.4. The minimum absolute atomic E-state index is 0.138. The molecule has 4 N–H and O–H groups in total. The Balaban J connectivity index is 1.94. The lowest BCUT2D eigenvalue weighted by Gasteiger charge is -2.14. The monoisotopic (exact) mass is 612 g/mol. The van der Waals surface area contributed by atoms with Gasteiger partial charge in [-0.3, -0.25) is 19.2 Å². The standard InChI is InChI=1S/C30H36N4O10/c1-3-5-15-43-25(35)17-23(29(39)40)31-27(37)19-7-11-21(12-8-19)33-34-22-13-9-20(10-14-22)28(38)32-24(30(41)42)18-26(36)44-16-6-4-2/h7-14,23-24H,3-6,15-18H2,1-2H3,(H,31,37)(H,32,38)(H,39,40)(H,41,42)/t23-,24+. The Kier molecular flexibility index (Phi) is 14.7. The van der Waals surface area contributed by atoms with Crippen molar-refractivity contribution in [1.29, 1.82) is 0 Å². The van der Waals surface area contributed by atoms with E-state index in [1.165, 1.54) is 48.5 Å². The largest absolute Gasteiger partial charge is 0.480 e. The Morgan fingerprint density at radius 1 is 0.636 bits per heavy atom. The highest BCUT2D eigenvalue weighted by atomic mass is 16.5. The van der Waals surface area contributed by atoms with Crippen LogP contribution in [0.4, 0.5) is 11.4 Å². The molecule has 2 aromatic carbocycles. The number of rotatable bonds is 18. The molecule has 0 aliphatic rings. The lowest BCUT2D eigenvalue weighted by atomic mass is 10.1. The number of hydrogen-bond acceptors (Lipinski definition) is 10. The Labute approximate surface area is 253 Å². The van der Waals surface area contributed by atoms with Crippen molar-refractivity contribution in [2.24, 2.45) is 10.2 Å². The molecule has 2 amide bonds. The number of aliphatic carboxylic acids is 2. The van der Waals surface area contributed by atoms with Crippen LogP contribution in [0, 0.1) is 0 Å². The van der Waals surface area contributed by atoms with E-state index in [1.54, 1.807) is 0 Å². The van der Waals surface area contributed by atoms with E-state index >= 15 is 0 Å². The van der Waals surface area contributed by atoms with Gasteiger partial charge in [-0.05, 0) is 61.4 Å². The second kappa shape index (κ2) is 18.4. The Morgan fingerprint density at radius 2 is 0.977 bits per heavy atom. The molecular weight excluding hydrogens is 576 g/mol. The van der Waals surface area contributed by atoms with Crippen LogP contribution in [0.15, 0.2) is 58.8 Å². The predicted octanol–water partition coefficient (Wildman–Crippen LogP) is 3.93. The van der Waals surface area contributed by atoms with E-state index in [2.05, 4.69) is 20.9 Å². The van der Waals surface area contributed by atoms with Crippen molar-refractivity contribution in [3.05, 3.63) is 59.7 Å². The first-order valence-corrected chi connectivity index (χ1v) is 14.0. The zero-order chi connectivity index (χ0) is 32.5. The van der Waals surface area contributed by atoms with Crippen molar-refractivity contribution in [1.82, 2.24) is 10.6 Å². The van der Waals surface area contributed by atoms with Crippen LogP contribution >= 0.6 is 0 Å². The lowest BCUT2D eigenvalue weighted by Crippen LogP contribution is -2.42. The quantitative estimate of drug-likeness (QED) is 0.108. The number of unbranched alkanes of at least 4 members (excludes halogenated alkanes) is 2. The van der Waals surface area contributed by atoms with Gasteiger partial charge in [0.25, 0.3) is 11.8 Å². The van der Waals surface area contributed by atoms with Crippen LogP contribution in [0.1, 0.15) is 73.1 Å². The summed E-state index contributed by atoms with van der Waals surface area (Å²) in [5, 5.41) is 31.5. The molecule has 2 aromatic rings. The van der Waals surface area contributed by atoms with Crippen LogP contribution in [0.2, 0.25) is 0 Å². The topological polar surface area (TPSA) is 210 Å². The summed E-state index contributed by atoms with van der Waals surface area (Å²) in [6.45, 7) is 4.19. The molecule has 0 fully saturated rings. The third-order valence-corrected chi connectivity index (χ3v) is 6.01. The molecule has 0 saturated carbocycles. The molecule has 0 aliphatic carbocycles. The van der Waals surface area contributed by atoms with Crippen LogP contribution in [0.25, 0.3) is 0 Å². The summed E-state index contributed by atoms with van der Waals surface area (Å²) in [6.07, 6.45) is 1.90. The zero-order valence-electron chi connectivity index (χ0n) is 24.5. The summed E-state index contributed by atoms with van der Waals surface area (Å²) >= 11 is 0. The fourth-order valence-electron chi connectivity index (χ4n) is 3.47. The number of carboxylic acid groups (broad SMARTS) is 2. The Morgan fingerprint density at radius 3 is 1.27 bits per heavy atom. The second-order valence-corrected chi connectivity index (χ2v) is 9.58. The number of hydrogen-bond donors (Lipinski definition) is 4. The van der Waals surface area contributed by atoms with Gasteiger partial charge in [-0.2, -0.15) is 10.2 Å². The predicted molar refractivity (Wildman–Crippen MR) is 156 cm³/mol. The van der Waals surface area contributed by atoms with Gasteiger partial charge in [0.2, 0.25) is 0 Å². The molecule has 0 aromatic heterocycles. The summed E-state index contributed by atoms with van der Waals surface area (Å²) in [5.41, 5.74) is 1.01. The summed E-state index contributed by atoms with van der Waals surface area (Å²) < 4.78 is 9.93. The molecule has 14 heteroatoms. The van der Waals surface area contributed by atoms with Crippen molar-refractivity contribution < 1.29 is 48.5 Å². The summed E-state index contributed by atoms with van der Waals surface area (Å²) in [5.74, 6) is -5.59. The van der Waals surface area contributed by atoms with Crippen LogP contribution in [-0.4, -0.2) is 71.2 Å². The molecule has 0 heterocycles. The molecule has 0 saturated heterocycles. The first kappa shape index (κ1) is 35.1. The molecule has 2 rings (SSSR count). The maximum Gasteiger partial charge on any atom is 0.326 e. The minimum atomic E-state index is -1.46. The van der Waals surface area contributed by atoms with Gasteiger partial charge in [0.05, 0.1) is 37.4 Å². The molecule has 236 valence electrons. The van der Waals surface area contributed by atoms with Crippen LogP contribution in [0.5, 0.6) is 0 Å². The molecule has 14 nitrogen and oxygen atoms in total. The van der Waals surface area contributed by atoms with Gasteiger partial charge in [0, 0.05) is 11.1 Å². The van der Waals surface area contributed by atoms with E-state index in [0.29, 0.717) is 24.2 Å². The van der Waals surface area contributed by atoms with E-state index in [9.17, 15) is 39.0 Å². The van der Waals surface area contributed by atoms with Crippen molar-refractivity contribution in [2.75, 3.05) is 13.2 Å². The van der Waals surface area contributed by atoms with Gasteiger partial charge in [0.15, 0.2) is 0 Å².